The van der Waals surface area contributed by atoms with Crippen LogP contribution in [0.25, 0.3) is 0 Å². The lowest BCUT2D eigenvalue weighted by Crippen LogP contribution is -2.57. The fourth-order valence-electron chi connectivity index (χ4n) is 3.33. The summed E-state index contributed by atoms with van der Waals surface area (Å²) in [6.07, 6.45) is 2.05. The molecule has 2 fully saturated rings. The van der Waals surface area contributed by atoms with Crippen LogP contribution in [-0.4, -0.2) is 87.7 Å². The van der Waals surface area contributed by atoms with E-state index in [2.05, 4.69) is 9.97 Å². The summed E-state index contributed by atoms with van der Waals surface area (Å²) in [5.41, 5.74) is -0.0861. The van der Waals surface area contributed by atoms with Crippen LogP contribution in [0.4, 0.5) is 5.95 Å². The second-order valence-corrected chi connectivity index (χ2v) is 8.43. The highest BCUT2D eigenvalue weighted by atomic mass is 16.7. The molecule has 3 rings (SSSR count). The second kappa shape index (κ2) is 7.59. The zero-order chi connectivity index (χ0) is 20.7. The van der Waals surface area contributed by atoms with Crippen molar-refractivity contribution in [2.45, 2.75) is 58.0 Å². The summed E-state index contributed by atoms with van der Waals surface area (Å²) in [4.78, 5) is 24.6. The summed E-state index contributed by atoms with van der Waals surface area (Å²) in [7, 11) is -0.507. The number of carbonyl (C=O) groups excluding carboxylic acids is 1. The number of piperazine rings is 1. The highest BCUT2D eigenvalue weighted by Gasteiger charge is 2.52. The van der Waals surface area contributed by atoms with Gasteiger partial charge in [-0.1, -0.05) is 0 Å². The standard InChI is InChI=1S/C18H29BN4O5/c1-12-10-22(6-7-23(12)15(26)14(25)11-24)16-20-8-13(9-21-16)19-27-17(2,3)18(4,5)28-19/h8-9,12,14,24-25H,6-7,10-11H2,1-5H3/t12-,14-/m0/s1. The molecule has 0 saturated carbocycles. The number of nitrogens with zero attached hydrogens (tertiary/aromatic N) is 4. The van der Waals surface area contributed by atoms with Crippen molar-refractivity contribution in [1.29, 1.82) is 0 Å². The molecular formula is C18H29BN4O5. The molecule has 2 N–H and O–H groups in total. The van der Waals surface area contributed by atoms with Gasteiger partial charge in [0.05, 0.1) is 17.8 Å². The normalized spacial score (nSPS) is 25.1. The molecule has 9 nitrogen and oxygen atoms in total. The summed E-state index contributed by atoms with van der Waals surface area (Å²) in [5.74, 6) is 0.119. The van der Waals surface area contributed by atoms with E-state index in [1.165, 1.54) is 0 Å². The van der Waals surface area contributed by atoms with Crippen LogP contribution < -0.4 is 10.4 Å². The maximum absolute atomic E-state index is 12.1. The van der Waals surface area contributed by atoms with Gasteiger partial charge in [0.1, 0.15) is 0 Å². The average molecular weight is 392 g/mol. The van der Waals surface area contributed by atoms with Crippen molar-refractivity contribution in [3.05, 3.63) is 12.4 Å². The molecule has 2 aliphatic rings. The number of hydrogen-bond acceptors (Lipinski definition) is 8. The molecule has 10 heteroatoms. The predicted molar refractivity (Wildman–Crippen MR) is 104 cm³/mol. The lowest BCUT2D eigenvalue weighted by Gasteiger charge is -2.40. The van der Waals surface area contributed by atoms with E-state index in [-0.39, 0.29) is 6.04 Å². The van der Waals surface area contributed by atoms with Gasteiger partial charge in [-0.2, -0.15) is 0 Å². The van der Waals surface area contributed by atoms with Gasteiger partial charge < -0.3 is 29.3 Å². The first-order valence-corrected chi connectivity index (χ1v) is 9.57. The Hall–Kier alpha value is -1.75. The first-order chi connectivity index (χ1) is 13.1. The number of aliphatic hydroxyl groups excluding tert-OH is 2. The van der Waals surface area contributed by atoms with E-state index in [0.717, 1.165) is 5.46 Å². The third kappa shape index (κ3) is 3.87. The summed E-state index contributed by atoms with van der Waals surface area (Å²) in [6.45, 7) is 10.8. The van der Waals surface area contributed by atoms with Gasteiger partial charge in [0, 0.05) is 43.5 Å². The second-order valence-electron chi connectivity index (χ2n) is 8.43. The third-order valence-electron chi connectivity index (χ3n) is 5.84. The Kier molecular flexibility index (Phi) is 5.68. The minimum absolute atomic E-state index is 0.131. The van der Waals surface area contributed by atoms with Crippen molar-refractivity contribution in [2.75, 3.05) is 31.1 Å². The number of anilines is 1. The van der Waals surface area contributed by atoms with E-state index >= 15 is 0 Å². The van der Waals surface area contributed by atoms with Gasteiger partial charge in [-0.05, 0) is 34.6 Å². The smallest absolute Gasteiger partial charge is 0.399 e. The quantitative estimate of drug-likeness (QED) is 0.640. The van der Waals surface area contributed by atoms with Gasteiger partial charge >= 0.3 is 7.12 Å². The molecule has 0 radical (unpaired) electrons. The summed E-state index contributed by atoms with van der Waals surface area (Å²) < 4.78 is 12.0. The van der Waals surface area contributed by atoms with E-state index in [1.54, 1.807) is 17.3 Å². The first-order valence-electron chi connectivity index (χ1n) is 9.57. The minimum Gasteiger partial charge on any atom is -0.399 e. The van der Waals surface area contributed by atoms with Gasteiger partial charge in [-0.15, -0.1) is 0 Å². The number of aliphatic hydroxyl groups is 2. The molecule has 0 bridgehead atoms. The number of rotatable bonds is 4. The number of carbonyl (C=O) groups is 1. The van der Waals surface area contributed by atoms with Gasteiger partial charge in [-0.3, -0.25) is 4.79 Å². The third-order valence-corrected chi connectivity index (χ3v) is 5.84. The molecule has 154 valence electrons. The molecule has 0 spiro atoms. The van der Waals surface area contributed by atoms with E-state index < -0.39 is 36.9 Å². The fourth-order valence-corrected chi connectivity index (χ4v) is 3.33. The molecule has 3 heterocycles. The molecule has 2 atom stereocenters. The molecule has 1 aromatic heterocycles. The van der Waals surface area contributed by atoms with Crippen molar-refractivity contribution in [1.82, 2.24) is 14.9 Å². The molecule has 0 unspecified atom stereocenters. The van der Waals surface area contributed by atoms with Gasteiger partial charge in [0.2, 0.25) is 5.95 Å². The zero-order valence-electron chi connectivity index (χ0n) is 17.1. The first kappa shape index (κ1) is 21.0. The van der Waals surface area contributed by atoms with Crippen LogP contribution in [0.2, 0.25) is 0 Å². The highest BCUT2D eigenvalue weighted by molar-refractivity contribution is 6.61. The Balaban J connectivity index is 1.65. The number of amides is 1. The molecular weight excluding hydrogens is 363 g/mol. The Morgan fingerprint density at radius 1 is 1.25 bits per heavy atom. The molecule has 1 aromatic rings. The Labute approximate surface area is 165 Å². The molecule has 2 saturated heterocycles. The van der Waals surface area contributed by atoms with Crippen molar-refractivity contribution in [3.8, 4) is 0 Å². The van der Waals surface area contributed by atoms with Crippen molar-refractivity contribution < 1.29 is 24.3 Å². The van der Waals surface area contributed by atoms with Crippen LogP contribution in [0.15, 0.2) is 12.4 Å². The van der Waals surface area contributed by atoms with Crippen molar-refractivity contribution >= 4 is 24.4 Å². The maximum atomic E-state index is 12.1. The highest BCUT2D eigenvalue weighted by Crippen LogP contribution is 2.36. The Morgan fingerprint density at radius 3 is 2.32 bits per heavy atom. The van der Waals surface area contributed by atoms with Gasteiger partial charge in [0.25, 0.3) is 5.91 Å². The topological polar surface area (TPSA) is 108 Å². The summed E-state index contributed by atoms with van der Waals surface area (Å²) >= 11 is 0. The monoisotopic (exact) mass is 392 g/mol. The summed E-state index contributed by atoms with van der Waals surface area (Å²) in [5, 5.41) is 18.6. The predicted octanol–water partition coefficient (Wildman–Crippen LogP) is -0.834. The van der Waals surface area contributed by atoms with Crippen LogP contribution in [0.1, 0.15) is 34.6 Å². The number of hydrogen-bond donors (Lipinski definition) is 2. The Bertz CT molecular complexity index is 698. The molecule has 2 aliphatic heterocycles. The van der Waals surface area contributed by atoms with Gasteiger partial charge in [0.15, 0.2) is 6.10 Å². The van der Waals surface area contributed by atoms with E-state index in [9.17, 15) is 9.90 Å². The lowest BCUT2D eigenvalue weighted by molar-refractivity contribution is -0.144. The largest absolute Gasteiger partial charge is 0.498 e. The number of aromatic nitrogens is 2. The van der Waals surface area contributed by atoms with Crippen LogP contribution in [0.3, 0.4) is 0 Å². The van der Waals surface area contributed by atoms with E-state index in [0.29, 0.717) is 25.6 Å². The minimum atomic E-state index is -1.37. The maximum Gasteiger partial charge on any atom is 0.498 e. The summed E-state index contributed by atoms with van der Waals surface area (Å²) in [6, 6.07) is -0.131. The van der Waals surface area contributed by atoms with Crippen LogP contribution in [-0.2, 0) is 14.1 Å². The van der Waals surface area contributed by atoms with E-state index in [4.69, 9.17) is 14.4 Å². The fraction of sp³-hybridized carbons (Fsp3) is 0.722. The molecule has 0 aromatic carbocycles. The van der Waals surface area contributed by atoms with Crippen molar-refractivity contribution in [3.63, 3.8) is 0 Å². The molecule has 0 aliphatic carbocycles. The average Bonchev–Trinajstić information content (AvgIpc) is 2.88. The van der Waals surface area contributed by atoms with Crippen LogP contribution >= 0.6 is 0 Å². The van der Waals surface area contributed by atoms with Crippen LogP contribution in [0, 0.1) is 0 Å². The lowest BCUT2D eigenvalue weighted by atomic mass is 9.81. The SMILES string of the molecule is C[C@H]1CN(c2ncc(B3OC(C)(C)C(C)(C)O3)cn2)CCN1C(=O)[C@@H](O)CO. The Morgan fingerprint density at radius 2 is 1.82 bits per heavy atom. The molecule has 1 amide bonds. The zero-order valence-corrected chi connectivity index (χ0v) is 17.1. The van der Waals surface area contributed by atoms with E-state index in [1.807, 2.05) is 39.5 Å². The van der Waals surface area contributed by atoms with Crippen molar-refractivity contribution in [2.24, 2.45) is 0 Å². The molecule has 28 heavy (non-hydrogen) atoms. The van der Waals surface area contributed by atoms with Crippen LogP contribution in [0.5, 0.6) is 0 Å². The van der Waals surface area contributed by atoms with Gasteiger partial charge in [-0.25, -0.2) is 9.97 Å².